The highest BCUT2D eigenvalue weighted by atomic mass is 16.5. The number of nitrogens with one attached hydrogen (secondary N) is 2. The van der Waals surface area contributed by atoms with Crippen LogP contribution in [0.4, 0.5) is 5.69 Å². The van der Waals surface area contributed by atoms with Gasteiger partial charge in [0.25, 0.3) is 0 Å². The largest absolute Gasteiger partial charge is 0.493 e. The van der Waals surface area contributed by atoms with Crippen LogP contribution in [0.25, 0.3) is 0 Å². The zero-order valence-corrected chi connectivity index (χ0v) is 10.2. The summed E-state index contributed by atoms with van der Waals surface area (Å²) in [6.07, 6.45) is 1.40. The number of fused-ring (bicyclic) bond motifs is 1. The van der Waals surface area contributed by atoms with E-state index in [2.05, 4.69) is 10.6 Å². The van der Waals surface area contributed by atoms with Gasteiger partial charge < -0.3 is 15.4 Å². The maximum absolute atomic E-state index is 11.7. The average Bonchev–Trinajstić information content (AvgIpc) is 2.75. The quantitative estimate of drug-likeness (QED) is 0.831. The van der Waals surface area contributed by atoms with E-state index in [0.717, 1.165) is 24.5 Å². The second-order valence-corrected chi connectivity index (χ2v) is 4.36. The van der Waals surface area contributed by atoms with Gasteiger partial charge in [-0.1, -0.05) is 0 Å². The summed E-state index contributed by atoms with van der Waals surface area (Å²) in [5.41, 5.74) is 2.02. The van der Waals surface area contributed by atoms with Crippen LogP contribution in [-0.2, 0) is 11.2 Å². The van der Waals surface area contributed by atoms with Crippen LogP contribution < -0.4 is 15.4 Å². The van der Waals surface area contributed by atoms with Crippen molar-refractivity contribution >= 4 is 11.6 Å². The highest BCUT2D eigenvalue weighted by Crippen LogP contribution is 2.27. The molecular formula is C13H18N2O2. The minimum Gasteiger partial charge on any atom is -0.493 e. The molecule has 1 atom stereocenters. The molecule has 1 aliphatic rings. The highest BCUT2D eigenvalue weighted by Gasteiger charge is 2.13. The summed E-state index contributed by atoms with van der Waals surface area (Å²) in [5.74, 6) is 0.970. The van der Waals surface area contributed by atoms with Crippen molar-refractivity contribution in [2.24, 2.45) is 0 Å². The van der Waals surface area contributed by atoms with Crippen molar-refractivity contribution in [3.05, 3.63) is 23.8 Å². The van der Waals surface area contributed by atoms with Gasteiger partial charge >= 0.3 is 0 Å². The number of hydrogen-bond donors (Lipinski definition) is 2. The van der Waals surface area contributed by atoms with Gasteiger partial charge in [-0.15, -0.1) is 0 Å². The number of rotatable bonds is 4. The van der Waals surface area contributed by atoms with Crippen LogP contribution in [0.2, 0.25) is 0 Å². The first-order chi connectivity index (χ1) is 8.19. The lowest BCUT2D eigenvalue weighted by Crippen LogP contribution is -2.27. The lowest BCUT2D eigenvalue weighted by atomic mass is 10.1. The van der Waals surface area contributed by atoms with Crippen molar-refractivity contribution in [3.8, 4) is 5.75 Å². The van der Waals surface area contributed by atoms with Crippen molar-refractivity contribution < 1.29 is 9.53 Å². The van der Waals surface area contributed by atoms with Crippen LogP contribution in [0.15, 0.2) is 18.2 Å². The van der Waals surface area contributed by atoms with Gasteiger partial charge in [-0.3, -0.25) is 4.79 Å². The molecule has 92 valence electrons. The molecule has 1 aromatic rings. The third-order valence-electron chi connectivity index (χ3n) is 2.96. The molecule has 0 aromatic heterocycles. The molecule has 0 spiro atoms. The van der Waals surface area contributed by atoms with Crippen molar-refractivity contribution in [2.75, 3.05) is 19.0 Å². The van der Waals surface area contributed by atoms with Gasteiger partial charge in [0.2, 0.25) is 5.91 Å². The highest BCUT2D eigenvalue weighted by molar-refractivity contribution is 5.91. The van der Waals surface area contributed by atoms with Gasteiger partial charge in [0.05, 0.1) is 6.61 Å². The molecule has 1 aromatic carbocycles. The molecule has 0 radical (unpaired) electrons. The van der Waals surface area contributed by atoms with Crippen molar-refractivity contribution in [2.45, 2.75) is 25.8 Å². The smallest absolute Gasteiger partial charge is 0.225 e. The van der Waals surface area contributed by atoms with Crippen LogP contribution in [0.5, 0.6) is 5.75 Å². The minimum atomic E-state index is 0.0331. The van der Waals surface area contributed by atoms with Gasteiger partial charge in [0.1, 0.15) is 5.75 Å². The van der Waals surface area contributed by atoms with E-state index in [1.54, 1.807) is 0 Å². The summed E-state index contributed by atoms with van der Waals surface area (Å²) in [6, 6.07) is 5.98. The van der Waals surface area contributed by atoms with Gasteiger partial charge in [-0.2, -0.15) is 0 Å². The third kappa shape index (κ3) is 2.97. The Balaban J connectivity index is 1.97. The number of carbonyl (C=O) groups excluding carboxylic acids is 1. The number of ether oxygens (including phenoxy) is 1. The predicted molar refractivity (Wildman–Crippen MR) is 67.4 cm³/mol. The summed E-state index contributed by atoms with van der Waals surface area (Å²) in [6.45, 7) is 2.72. The second-order valence-electron chi connectivity index (χ2n) is 4.36. The van der Waals surface area contributed by atoms with Gasteiger partial charge in [-0.05, 0) is 37.7 Å². The Labute approximate surface area is 101 Å². The molecule has 2 N–H and O–H groups in total. The molecule has 2 rings (SSSR count). The van der Waals surface area contributed by atoms with E-state index in [0.29, 0.717) is 6.42 Å². The van der Waals surface area contributed by atoms with Gasteiger partial charge in [-0.25, -0.2) is 0 Å². The van der Waals surface area contributed by atoms with E-state index in [9.17, 15) is 4.79 Å². The lowest BCUT2D eigenvalue weighted by molar-refractivity contribution is -0.116. The number of benzene rings is 1. The monoisotopic (exact) mass is 234 g/mol. The van der Waals surface area contributed by atoms with E-state index in [-0.39, 0.29) is 11.9 Å². The molecule has 0 aliphatic carbocycles. The Morgan fingerprint density at radius 2 is 2.35 bits per heavy atom. The molecule has 1 amide bonds. The number of anilines is 1. The molecule has 0 bridgehead atoms. The second kappa shape index (κ2) is 5.19. The van der Waals surface area contributed by atoms with Crippen molar-refractivity contribution in [1.29, 1.82) is 0 Å². The molecule has 4 heteroatoms. The number of amides is 1. The van der Waals surface area contributed by atoms with E-state index in [4.69, 9.17) is 4.74 Å². The van der Waals surface area contributed by atoms with Crippen LogP contribution in [0.1, 0.15) is 18.9 Å². The molecule has 1 aliphatic heterocycles. The summed E-state index contributed by atoms with van der Waals surface area (Å²) in [7, 11) is 1.85. The fourth-order valence-corrected chi connectivity index (χ4v) is 1.86. The fourth-order valence-electron chi connectivity index (χ4n) is 1.86. The first-order valence-corrected chi connectivity index (χ1v) is 5.92. The Bertz CT molecular complexity index is 418. The molecule has 0 saturated heterocycles. The minimum absolute atomic E-state index is 0.0331. The predicted octanol–water partition coefficient (Wildman–Crippen LogP) is 1.56. The van der Waals surface area contributed by atoms with Crippen molar-refractivity contribution in [1.82, 2.24) is 5.32 Å². The van der Waals surface area contributed by atoms with E-state index in [1.807, 2.05) is 32.2 Å². The number of hydrogen-bond acceptors (Lipinski definition) is 3. The van der Waals surface area contributed by atoms with E-state index in [1.165, 1.54) is 5.56 Å². The molecular weight excluding hydrogens is 216 g/mol. The van der Waals surface area contributed by atoms with E-state index >= 15 is 0 Å². The Kier molecular flexibility index (Phi) is 3.64. The van der Waals surface area contributed by atoms with Crippen LogP contribution in [0, 0.1) is 0 Å². The SMILES string of the molecule is CNC(C)CC(=O)Nc1ccc2c(c1)CCO2. The van der Waals surface area contributed by atoms with Gasteiger partial charge in [0, 0.05) is 24.6 Å². The van der Waals surface area contributed by atoms with Crippen LogP contribution in [0.3, 0.4) is 0 Å². The average molecular weight is 234 g/mol. The number of carbonyl (C=O) groups is 1. The van der Waals surface area contributed by atoms with Crippen molar-refractivity contribution in [3.63, 3.8) is 0 Å². The molecule has 1 heterocycles. The van der Waals surface area contributed by atoms with Gasteiger partial charge in [0.15, 0.2) is 0 Å². The maximum atomic E-state index is 11.7. The molecule has 1 unspecified atom stereocenters. The topological polar surface area (TPSA) is 50.4 Å². The first-order valence-electron chi connectivity index (χ1n) is 5.92. The Morgan fingerprint density at radius 1 is 1.53 bits per heavy atom. The summed E-state index contributed by atoms with van der Waals surface area (Å²) in [4.78, 5) is 11.7. The Morgan fingerprint density at radius 3 is 3.12 bits per heavy atom. The summed E-state index contributed by atoms with van der Waals surface area (Å²) < 4.78 is 5.42. The zero-order valence-electron chi connectivity index (χ0n) is 10.2. The lowest BCUT2D eigenvalue weighted by Gasteiger charge is -2.11. The maximum Gasteiger partial charge on any atom is 0.225 e. The Hall–Kier alpha value is -1.55. The zero-order chi connectivity index (χ0) is 12.3. The third-order valence-corrected chi connectivity index (χ3v) is 2.96. The normalized spacial score (nSPS) is 14.9. The van der Waals surface area contributed by atoms with E-state index < -0.39 is 0 Å². The van der Waals surface area contributed by atoms with Crippen LogP contribution in [-0.4, -0.2) is 25.6 Å². The fraction of sp³-hybridized carbons (Fsp3) is 0.462. The summed E-state index contributed by atoms with van der Waals surface area (Å²) >= 11 is 0. The molecule has 0 saturated carbocycles. The standard InChI is InChI=1S/C13H18N2O2/c1-9(14-2)7-13(16)15-11-3-4-12-10(8-11)5-6-17-12/h3-4,8-9,14H,5-7H2,1-2H3,(H,15,16). The molecule has 4 nitrogen and oxygen atoms in total. The summed E-state index contributed by atoms with van der Waals surface area (Å²) in [5, 5.41) is 5.94. The van der Waals surface area contributed by atoms with Crippen LogP contribution >= 0.6 is 0 Å². The molecule has 17 heavy (non-hydrogen) atoms. The molecule has 0 fully saturated rings. The first kappa shape index (κ1) is 11.9.